The fourth-order valence-corrected chi connectivity index (χ4v) is 3.70. The van der Waals surface area contributed by atoms with Crippen LogP contribution in [0.2, 0.25) is 18.1 Å². The zero-order chi connectivity index (χ0) is 23.5. The predicted molar refractivity (Wildman–Crippen MR) is 113 cm³/mol. The summed E-state index contributed by atoms with van der Waals surface area (Å²) in [6.45, 7) is 14.7. The molecule has 0 aliphatic rings. The van der Waals surface area contributed by atoms with E-state index in [0.29, 0.717) is 5.56 Å². The lowest BCUT2D eigenvalue weighted by molar-refractivity contribution is -0.137. The number of hydrogen-bond donors (Lipinski definition) is 2. The lowest BCUT2D eigenvalue weighted by Gasteiger charge is -2.41. The normalized spacial score (nSPS) is 15.5. The molecule has 1 amide bonds. The number of carbonyl (C=O) groups excluding carboxylic acids is 1. The molecule has 0 heterocycles. The van der Waals surface area contributed by atoms with E-state index in [9.17, 15) is 23.1 Å². The Bertz CT molecular complexity index is 707. The number of rotatable bonds is 6. The lowest BCUT2D eigenvalue weighted by atomic mass is 10.0. The van der Waals surface area contributed by atoms with Gasteiger partial charge in [0.25, 0.3) is 0 Å². The summed E-state index contributed by atoms with van der Waals surface area (Å²) in [5.74, 6) is 0. The first-order chi connectivity index (χ1) is 13.4. The number of alkyl halides is 3. The molecule has 2 atom stereocenters. The number of alkyl carbamates (subject to hydrolysis) is 1. The van der Waals surface area contributed by atoms with Crippen LogP contribution in [0.1, 0.15) is 58.8 Å². The lowest BCUT2D eigenvalue weighted by Crippen LogP contribution is -2.50. The first-order valence-electron chi connectivity index (χ1n) is 9.83. The third kappa shape index (κ3) is 7.59. The second-order valence-corrected chi connectivity index (χ2v) is 14.6. The van der Waals surface area contributed by atoms with E-state index in [-0.39, 0.29) is 5.04 Å². The Hall–Kier alpha value is -1.58. The molecule has 0 unspecified atom stereocenters. The molecule has 0 radical (unpaired) electrons. The maximum Gasteiger partial charge on any atom is 0.416 e. The first kappa shape index (κ1) is 26.5. The molecule has 30 heavy (non-hydrogen) atoms. The van der Waals surface area contributed by atoms with E-state index in [0.717, 1.165) is 12.1 Å². The quantitative estimate of drug-likeness (QED) is 0.551. The minimum absolute atomic E-state index is 0.191. The fraction of sp³-hybridized carbons (Fsp3) is 0.667. The van der Waals surface area contributed by atoms with Crippen LogP contribution in [0, 0.1) is 0 Å². The Morgan fingerprint density at radius 2 is 1.57 bits per heavy atom. The molecule has 0 aliphatic carbocycles. The van der Waals surface area contributed by atoms with Gasteiger partial charge in [-0.3, -0.25) is 0 Å². The van der Waals surface area contributed by atoms with Gasteiger partial charge in [-0.25, -0.2) is 4.79 Å². The van der Waals surface area contributed by atoms with Crippen LogP contribution in [-0.2, 0) is 15.3 Å². The summed E-state index contributed by atoms with van der Waals surface area (Å²) in [6.07, 6.45) is -6.04. The molecule has 1 rings (SSSR count). The van der Waals surface area contributed by atoms with Gasteiger partial charge in [0.2, 0.25) is 0 Å². The van der Waals surface area contributed by atoms with Crippen LogP contribution >= 0.6 is 0 Å². The molecule has 0 aliphatic heterocycles. The van der Waals surface area contributed by atoms with Gasteiger partial charge in [0, 0.05) is 0 Å². The second kappa shape index (κ2) is 9.28. The zero-order valence-corrected chi connectivity index (χ0v) is 20.0. The molecule has 0 aromatic heterocycles. The fourth-order valence-electron chi connectivity index (χ4n) is 2.41. The van der Waals surface area contributed by atoms with Crippen molar-refractivity contribution in [3.8, 4) is 0 Å². The molecule has 0 saturated heterocycles. The largest absolute Gasteiger partial charge is 0.444 e. The van der Waals surface area contributed by atoms with Gasteiger partial charge in [-0.15, -0.1) is 0 Å². The van der Waals surface area contributed by atoms with Gasteiger partial charge in [-0.05, 0) is 56.6 Å². The maximum atomic E-state index is 13.0. The third-order valence-corrected chi connectivity index (χ3v) is 9.51. The molecule has 0 saturated carbocycles. The Morgan fingerprint density at radius 3 is 1.93 bits per heavy atom. The molecule has 5 nitrogen and oxygen atoms in total. The summed E-state index contributed by atoms with van der Waals surface area (Å²) < 4.78 is 50.6. The van der Waals surface area contributed by atoms with Gasteiger partial charge in [-0.1, -0.05) is 32.9 Å². The van der Waals surface area contributed by atoms with Crippen LogP contribution in [-0.4, -0.2) is 37.8 Å². The molecule has 1 aromatic carbocycles. The van der Waals surface area contributed by atoms with Crippen molar-refractivity contribution in [3.05, 3.63) is 35.4 Å². The van der Waals surface area contributed by atoms with Gasteiger partial charge < -0.3 is 19.6 Å². The van der Waals surface area contributed by atoms with Gasteiger partial charge in [0.1, 0.15) is 5.60 Å². The summed E-state index contributed by atoms with van der Waals surface area (Å²) in [5, 5.41) is 12.4. The highest BCUT2D eigenvalue weighted by atomic mass is 28.4. The summed E-state index contributed by atoms with van der Waals surface area (Å²) in [4.78, 5) is 12.3. The van der Waals surface area contributed by atoms with Crippen molar-refractivity contribution >= 4 is 14.4 Å². The number of hydrogen-bond acceptors (Lipinski definition) is 4. The molecule has 1 aromatic rings. The van der Waals surface area contributed by atoms with Crippen LogP contribution in [0.3, 0.4) is 0 Å². The van der Waals surface area contributed by atoms with Crippen molar-refractivity contribution in [1.29, 1.82) is 0 Å². The van der Waals surface area contributed by atoms with E-state index in [1.54, 1.807) is 20.8 Å². The Morgan fingerprint density at radius 1 is 1.07 bits per heavy atom. The number of aliphatic hydroxyl groups is 1. The molecule has 0 fully saturated rings. The van der Waals surface area contributed by atoms with Crippen molar-refractivity contribution in [3.63, 3.8) is 0 Å². The number of ether oxygens (including phenoxy) is 1. The monoisotopic (exact) mass is 449 g/mol. The van der Waals surface area contributed by atoms with Crippen molar-refractivity contribution < 1.29 is 32.2 Å². The Kier molecular flexibility index (Phi) is 8.18. The van der Waals surface area contributed by atoms with Crippen LogP contribution in [0.15, 0.2) is 24.3 Å². The number of halogens is 3. The molecule has 0 spiro atoms. The first-order valence-corrected chi connectivity index (χ1v) is 12.7. The van der Waals surface area contributed by atoms with E-state index in [1.807, 2.05) is 33.9 Å². The summed E-state index contributed by atoms with van der Waals surface area (Å²) in [7, 11) is -2.40. The zero-order valence-electron chi connectivity index (χ0n) is 19.0. The van der Waals surface area contributed by atoms with Gasteiger partial charge in [0.05, 0.1) is 24.3 Å². The van der Waals surface area contributed by atoms with Crippen LogP contribution in [0.25, 0.3) is 0 Å². The highest BCUT2D eigenvalue weighted by Crippen LogP contribution is 2.41. The number of aliphatic hydroxyl groups excluding tert-OH is 1. The van der Waals surface area contributed by atoms with E-state index in [1.165, 1.54) is 12.1 Å². The van der Waals surface area contributed by atoms with Crippen molar-refractivity contribution in [1.82, 2.24) is 5.32 Å². The molecule has 2 N–H and O–H groups in total. The average Bonchev–Trinajstić information content (AvgIpc) is 2.54. The molecule has 172 valence electrons. The minimum Gasteiger partial charge on any atom is -0.444 e. The van der Waals surface area contributed by atoms with E-state index in [4.69, 9.17) is 9.16 Å². The van der Waals surface area contributed by atoms with Crippen molar-refractivity contribution in [2.75, 3.05) is 6.61 Å². The maximum absolute atomic E-state index is 13.0. The number of amides is 1. The Labute approximate surface area is 178 Å². The molecule has 0 bridgehead atoms. The number of nitrogens with one attached hydrogen (secondary N) is 1. The standard InChI is InChI=1S/C21H34F3NO4Si/c1-19(2,3)28-18(27)25-16(13-26)17(29-30(7,8)20(4,5)6)14-9-11-15(12-10-14)21(22,23)24/h9-12,16-17,26H,13H2,1-8H3,(H,25,27)/t16-,17+/m1/s1. The highest BCUT2D eigenvalue weighted by molar-refractivity contribution is 6.74. The topological polar surface area (TPSA) is 67.8 Å². The minimum atomic E-state index is -4.46. The number of carbonyl (C=O) groups is 1. The van der Waals surface area contributed by atoms with Gasteiger partial charge in [-0.2, -0.15) is 13.2 Å². The molecule has 9 heteroatoms. The van der Waals surface area contributed by atoms with Crippen molar-refractivity contribution in [2.24, 2.45) is 0 Å². The van der Waals surface area contributed by atoms with Crippen LogP contribution in [0.4, 0.5) is 18.0 Å². The van der Waals surface area contributed by atoms with Crippen LogP contribution < -0.4 is 5.32 Å². The number of benzene rings is 1. The van der Waals surface area contributed by atoms with Crippen molar-refractivity contribution in [2.45, 2.75) is 83.6 Å². The van der Waals surface area contributed by atoms with Gasteiger partial charge in [0.15, 0.2) is 8.32 Å². The second-order valence-electron chi connectivity index (χ2n) is 9.85. The van der Waals surface area contributed by atoms with Crippen LogP contribution in [0.5, 0.6) is 0 Å². The molecular formula is C21H34F3NO4Si. The van der Waals surface area contributed by atoms with E-state index in [2.05, 4.69) is 5.32 Å². The Balaban J connectivity index is 3.29. The average molecular weight is 450 g/mol. The predicted octanol–water partition coefficient (Wildman–Crippen LogP) is 5.65. The van der Waals surface area contributed by atoms with Gasteiger partial charge >= 0.3 is 12.3 Å². The summed E-state index contributed by atoms with van der Waals surface area (Å²) in [5.41, 5.74) is -1.09. The smallest absolute Gasteiger partial charge is 0.416 e. The third-order valence-electron chi connectivity index (χ3n) is 5.06. The van der Waals surface area contributed by atoms with E-state index < -0.39 is 50.5 Å². The summed E-state index contributed by atoms with van der Waals surface area (Å²) >= 11 is 0. The molecular weight excluding hydrogens is 415 g/mol. The van der Waals surface area contributed by atoms with E-state index >= 15 is 0 Å². The SMILES string of the molecule is CC(C)(C)OC(=O)N[C@H](CO)[C@@H](O[Si](C)(C)C(C)(C)C)c1ccc(C(F)(F)F)cc1. The highest BCUT2D eigenvalue weighted by Gasteiger charge is 2.42. The summed E-state index contributed by atoms with van der Waals surface area (Å²) in [6, 6.07) is 3.68.